The standard InChI is InChI=1S/C15H17ClN2OS/c1-3-15(19)18-13-6-4-12(5-7-13)17-10(2)11-8-14(16)20-9-11/h4-10,17H,3H2,1-2H3,(H,18,19). The van der Waals surface area contributed by atoms with Crippen LogP contribution in [0, 0.1) is 0 Å². The molecule has 0 spiro atoms. The van der Waals surface area contributed by atoms with Crippen molar-refractivity contribution in [1.29, 1.82) is 0 Å². The maximum absolute atomic E-state index is 11.3. The van der Waals surface area contributed by atoms with Crippen molar-refractivity contribution in [2.24, 2.45) is 0 Å². The predicted molar refractivity (Wildman–Crippen MR) is 86.7 cm³/mol. The van der Waals surface area contributed by atoms with E-state index in [9.17, 15) is 4.79 Å². The number of benzene rings is 1. The van der Waals surface area contributed by atoms with Crippen LogP contribution in [0.25, 0.3) is 0 Å². The smallest absolute Gasteiger partial charge is 0.224 e. The van der Waals surface area contributed by atoms with Gasteiger partial charge in [-0.1, -0.05) is 18.5 Å². The molecule has 0 aliphatic heterocycles. The Labute approximate surface area is 128 Å². The number of hydrogen-bond acceptors (Lipinski definition) is 3. The molecule has 0 saturated heterocycles. The lowest BCUT2D eigenvalue weighted by Gasteiger charge is -2.14. The highest BCUT2D eigenvalue weighted by molar-refractivity contribution is 7.14. The highest BCUT2D eigenvalue weighted by Gasteiger charge is 2.07. The van der Waals surface area contributed by atoms with Crippen molar-refractivity contribution in [3.05, 3.63) is 45.6 Å². The monoisotopic (exact) mass is 308 g/mol. The van der Waals surface area contributed by atoms with Gasteiger partial charge in [-0.25, -0.2) is 0 Å². The highest BCUT2D eigenvalue weighted by Crippen LogP contribution is 2.27. The Morgan fingerprint density at radius 3 is 2.50 bits per heavy atom. The molecule has 0 bridgehead atoms. The van der Waals surface area contributed by atoms with Gasteiger partial charge in [0.2, 0.25) is 5.91 Å². The molecule has 0 fully saturated rings. The molecule has 0 radical (unpaired) electrons. The fourth-order valence-electron chi connectivity index (χ4n) is 1.78. The lowest BCUT2D eigenvalue weighted by Crippen LogP contribution is -2.09. The Morgan fingerprint density at radius 1 is 1.30 bits per heavy atom. The third-order valence-electron chi connectivity index (χ3n) is 2.96. The maximum atomic E-state index is 11.3. The van der Waals surface area contributed by atoms with Crippen molar-refractivity contribution in [3.63, 3.8) is 0 Å². The zero-order valence-corrected chi connectivity index (χ0v) is 13.0. The number of carbonyl (C=O) groups is 1. The van der Waals surface area contributed by atoms with Crippen molar-refractivity contribution in [3.8, 4) is 0 Å². The van der Waals surface area contributed by atoms with E-state index in [-0.39, 0.29) is 11.9 Å². The van der Waals surface area contributed by atoms with Gasteiger partial charge >= 0.3 is 0 Å². The molecule has 1 atom stereocenters. The summed E-state index contributed by atoms with van der Waals surface area (Å²) in [5.41, 5.74) is 2.99. The minimum absolute atomic E-state index is 0.0204. The van der Waals surface area contributed by atoms with E-state index in [1.165, 1.54) is 16.9 Å². The van der Waals surface area contributed by atoms with Gasteiger partial charge in [-0.2, -0.15) is 0 Å². The quantitative estimate of drug-likeness (QED) is 0.823. The van der Waals surface area contributed by atoms with Gasteiger partial charge in [0, 0.05) is 23.8 Å². The van der Waals surface area contributed by atoms with Gasteiger partial charge in [0.05, 0.1) is 4.34 Å². The molecule has 0 aliphatic carbocycles. The molecular weight excluding hydrogens is 292 g/mol. The molecule has 1 aromatic carbocycles. The van der Waals surface area contributed by atoms with Gasteiger partial charge in [0.15, 0.2) is 0 Å². The number of nitrogens with one attached hydrogen (secondary N) is 2. The van der Waals surface area contributed by atoms with Gasteiger partial charge in [0.25, 0.3) is 0 Å². The molecule has 3 nitrogen and oxygen atoms in total. The summed E-state index contributed by atoms with van der Waals surface area (Å²) in [6.07, 6.45) is 0.482. The second-order valence-corrected chi connectivity index (χ2v) is 6.07. The predicted octanol–water partition coefficient (Wildman–Crippen LogP) is 4.92. The SMILES string of the molecule is CCC(=O)Nc1ccc(NC(C)c2csc(Cl)c2)cc1. The Balaban J connectivity index is 1.98. The minimum Gasteiger partial charge on any atom is -0.378 e. The molecular formula is C15H17ClN2OS. The molecule has 2 rings (SSSR count). The fraction of sp³-hybridized carbons (Fsp3) is 0.267. The van der Waals surface area contributed by atoms with Crippen LogP contribution in [-0.2, 0) is 4.79 Å². The van der Waals surface area contributed by atoms with Gasteiger partial charge < -0.3 is 10.6 Å². The topological polar surface area (TPSA) is 41.1 Å². The number of amides is 1. The van der Waals surface area contributed by atoms with Gasteiger partial charge in [-0.3, -0.25) is 4.79 Å². The lowest BCUT2D eigenvalue weighted by atomic mass is 10.1. The van der Waals surface area contributed by atoms with Crippen molar-refractivity contribution >= 4 is 40.2 Å². The number of halogens is 1. The van der Waals surface area contributed by atoms with E-state index in [0.29, 0.717) is 6.42 Å². The average molecular weight is 309 g/mol. The van der Waals surface area contributed by atoms with Crippen LogP contribution in [0.2, 0.25) is 4.34 Å². The van der Waals surface area contributed by atoms with Crippen molar-refractivity contribution in [2.45, 2.75) is 26.3 Å². The summed E-state index contributed by atoms with van der Waals surface area (Å²) in [5, 5.41) is 8.28. The Bertz CT molecular complexity index is 580. The number of thiophene rings is 1. The maximum Gasteiger partial charge on any atom is 0.224 e. The van der Waals surface area contributed by atoms with E-state index in [1.54, 1.807) is 0 Å². The molecule has 1 heterocycles. The summed E-state index contributed by atoms with van der Waals surface area (Å²) < 4.78 is 0.797. The Morgan fingerprint density at radius 2 is 1.95 bits per heavy atom. The summed E-state index contributed by atoms with van der Waals surface area (Å²) in [6, 6.07) is 9.85. The largest absolute Gasteiger partial charge is 0.378 e. The molecule has 2 N–H and O–H groups in total. The van der Waals surface area contributed by atoms with Crippen LogP contribution in [0.15, 0.2) is 35.7 Å². The zero-order chi connectivity index (χ0) is 14.5. The first-order valence-corrected chi connectivity index (χ1v) is 7.74. The molecule has 1 unspecified atom stereocenters. The minimum atomic E-state index is 0.0204. The van der Waals surface area contributed by atoms with E-state index >= 15 is 0 Å². The average Bonchev–Trinajstić information content (AvgIpc) is 2.87. The molecule has 5 heteroatoms. The molecule has 0 saturated carbocycles. The molecule has 106 valence electrons. The van der Waals surface area contributed by atoms with Gasteiger partial charge in [-0.15, -0.1) is 11.3 Å². The fourth-order valence-corrected chi connectivity index (χ4v) is 2.77. The summed E-state index contributed by atoms with van der Waals surface area (Å²) in [6.45, 7) is 3.92. The van der Waals surface area contributed by atoms with Crippen LogP contribution in [0.1, 0.15) is 31.9 Å². The first kappa shape index (κ1) is 14.9. The third-order valence-corrected chi connectivity index (χ3v) is 4.07. The van der Waals surface area contributed by atoms with E-state index in [0.717, 1.165) is 15.7 Å². The van der Waals surface area contributed by atoms with Crippen LogP contribution >= 0.6 is 22.9 Å². The van der Waals surface area contributed by atoms with Crippen LogP contribution in [0.3, 0.4) is 0 Å². The van der Waals surface area contributed by atoms with Gasteiger partial charge in [0.1, 0.15) is 0 Å². The summed E-state index contributed by atoms with van der Waals surface area (Å²) in [4.78, 5) is 11.3. The summed E-state index contributed by atoms with van der Waals surface area (Å²) in [5.74, 6) is 0.0204. The highest BCUT2D eigenvalue weighted by atomic mass is 35.5. The van der Waals surface area contributed by atoms with E-state index in [1.807, 2.05) is 37.3 Å². The number of carbonyl (C=O) groups excluding carboxylic acids is 1. The van der Waals surface area contributed by atoms with Crippen molar-refractivity contribution in [2.75, 3.05) is 10.6 Å². The van der Waals surface area contributed by atoms with Crippen LogP contribution in [0.5, 0.6) is 0 Å². The second-order valence-electron chi connectivity index (χ2n) is 4.53. The van der Waals surface area contributed by atoms with Gasteiger partial charge in [-0.05, 0) is 48.2 Å². The van der Waals surface area contributed by atoms with Crippen molar-refractivity contribution < 1.29 is 4.79 Å². The van der Waals surface area contributed by atoms with E-state index in [4.69, 9.17) is 11.6 Å². The number of rotatable bonds is 5. The summed E-state index contributed by atoms with van der Waals surface area (Å²) in [7, 11) is 0. The van der Waals surface area contributed by atoms with E-state index < -0.39 is 0 Å². The second kappa shape index (κ2) is 6.77. The van der Waals surface area contributed by atoms with Crippen LogP contribution < -0.4 is 10.6 Å². The number of anilines is 2. The van der Waals surface area contributed by atoms with Crippen molar-refractivity contribution in [1.82, 2.24) is 0 Å². The molecule has 1 aromatic heterocycles. The zero-order valence-electron chi connectivity index (χ0n) is 11.4. The van der Waals surface area contributed by atoms with Crippen LogP contribution in [-0.4, -0.2) is 5.91 Å². The summed E-state index contributed by atoms with van der Waals surface area (Å²) >= 11 is 7.47. The first-order chi connectivity index (χ1) is 9.58. The molecule has 20 heavy (non-hydrogen) atoms. The number of hydrogen-bond donors (Lipinski definition) is 2. The molecule has 2 aromatic rings. The third kappa shape index (κ3) is 3.99. The Hall–Kier alpha value is -1.52. The lowest BCUT2D eigenvalue weighted by molar-refractivity contribution is -0.115. The first-order valence-electron chi connectivity index (χ1n) is 6.49. The molecule has 0 aliphatic rings. The van der Waals surface area contributed by atoms with E-state index in [2.05, 4.69) is 22.9 Å². The molecule has 1 amide bonds. The van der Waals surface area contributed by atoms with Crippen LogP contribution in [0.4, 0.5) is 11.4 Å². The Kier molecular flexibility index (Phi) is 5.04. The normalized spacial score (nSPS) is 11.9.